The standard InChI is InChI=1S/C22H22ClF3N4O/c1-3-29(18-6-4-5-15(2)13-18)12-11-27-21(31)19-14-28-30(20(19)22(24,25)26)17-9-7-16(23)8-10-17/h4-10,13-14H,3,11-12H2,1-2H3,(H,27,31). The van der Waals surface area contributed by atoms with Gasteiger partial charge in [0.15, 0.2) is 5.69 Å². The summed E-state index contributed by atoms with van der Waals surface area (Å²) in [5.74, 6) is -0.826. The summed E-state index contributed by atoms with van der Waals surface area (Å²) in [6.45, 7) is 5.29. The number of carbonyl (C=O) groups is 1. The molecule has 0 aliphatic heterocycles. The molecular weight excluding hydrogens is 429 g/mol. The Bertz CT molecular complexity index is 1050. The fraction of sp³-hybridized carbons (Fsp3) is 0.273. The van der Waals surface area contributed by atoms with E-state index in [0.29, 0.717) is 22.8 Å². The highest BCUT2D eigenvalue weighted by atomic mass is 35.5. The maximum absolute atomic E-state index is 13.8. The minimum Gasteiger partial charge on any atom is -0.370 e. The second-order valence-electron chi connectivity index (χ2n) is 6.97. The summed E-state index contributed by atoms with van der Waals surface area (Å²) in [6.07, 6.45) is -3.83. The number of carbonyl (C=O) groups excluding carboxylic acids is 1. The average molecular weight is 451 g/mol. The summed E-state index contributed by atoms with van der Waals surface area (Å²) >= 11 is 5.81. The lowest BCUT2D eigenvalue weighted by molar-refractivity contribution is -0.143. The Morgan fingerprint density at radius 3 is 2.52 bits per heavy atom. The number of amides is 1. The number of hydrogen-bond donors (Lipinski definition) is 1. The average Bonchev–Trinajstić information content (AvgIpc) is 3.17. The molecule has 164 valence electrons. The Labute approximate surface area is 183 Å². The summed E-state index contributed by atoms with van der Waals surface area (Å²) in [5, 5.41) is 6.77. The van der Waals surface area contributed by atoms with Crippen LogP contribution in [0, 0.1) is 6.92 Å². The number of nitrogens with zero attached hydrogens (tertiary/aromatic N) is 3. The number of alkyl halides is 3. The third kappa shape index (κ3) is 5.38. The van der Waals surface area contributed by atoms with Crippen molar-refractivity contribution in [3.05, 3.63) is 76.6 Å². The molecule has 0 atom stereocenters. The zero-order chi connectivity index (χ0) is 22.6. The summed E-state index contributed by atoms with van der Waals surface area (Å²) < 4.78 is 42.0. The van der Waals surface area contributed by atoms with Crippen molar-refractivity contribution in [3.8, 4) is 5.69 Å². The number of anilines is 1. The van der Waals surface area contributed by atoms with Gasteiger partial charge in [0.1, 0.15) is 0 Å². The minimum absolute atomic E-state index is 0.160. The molecule has 0 fully saturated rings. The first kappa shape index (κ1) is 22.7. The molecular formula is C22H22ClF3N4O. The van der Waals surface area contributed by atoms with E-state index in [4.69, 9.17) is 11.6 Å². The van der Waals surface area contributed by atoms with E-state index in [9.17, 15) is 18.0 Å². The van der Waals surface area contributed by atoms with Crippen LogP contribution < -0.4 is 10.2 Å². The molecule has 9 heteroatoms. The van der Waals surface area contributed by atoms with Crippen molar-refractivity contribution in [1.29, 1.82) is 0 Å². The van der Waals surface area contributed by atoms with Crippen LogP contribution in [0.2, 0.25) is 5.02 Å². The molecule has 0 radical (unpaired) electrons. The Hall–Kier alpha value is -3.00. The van der Waals surface area contributed by atoms with Crippen molar-refractivity contribution >= 4 is 23.2 Å². The predicted octanol–water partition coefficient (Wildman–Crippen LogP) is 5.11. The van der Waals surface area contributed by atoms with Gasteiger partial charge in [0, 0.05) is 30.3 Å². The Balaban J connectivity index is 1.76. The minimum atomic E-state index is -4.76. The van der Waals surface area contributed by atoms with E-state index in [0.717, 1.165) is 17.4 Å². The van der Waals surface area contributed by atoms with Crippen molar-refractivity contribution in [3.63, 3.8) is 0 Å². The number of aryl methyl sites for hydroxylation is 1. The van der Waals surface area contributed by atoms with E-state index in [1.165, 1.54) is 24.3 Å². The molecule has 0 saturated carbocycles. The van der Waals surface area contributed by atoms with E-state index in [-0.39, 0.29) is 12.2 Å². The molecule has 0 spiro atoms. The van der Waals surface area contributed by atoms with Crippen molar-refractivity contribution in [2.24, 2.45) is 0 Å². The summed E-state index contributed by atoms with van der Waals surface area (Å²) in [7, 11) is 0. The molecule has 1 N–H and O–H groups in total. The van der Waals surface area contributed by atoms with E-state index >= 15 is 0 Å². The number of likely N-dealkylation sites (N-methyl/N-ethyl adjacent to an activating group) is 1. The smallest absolute Gasteiger partial charge is 0.370 e. The first-order valence-corrected chi connectivity index (χ1v) is 10.1. The third-order valence-electron chi connectivity index (χ3n) is 4.77. The van der Waals surface area contributed by atoms with Gasteiger partial charge >= 0.3 is 6.18 Å². The summed E-state index contributed by atoms with van der Waals surface area (Å²) in [5.41, 5.74) is 0.597. The molecule has 1 heterocycles. The van der Waals surface area contributed by atoms with Crippen LogP contribution >= 0.6 is 11.6 Å². The first-order valence-electron chi connectivity index (χ1n) is 9.71. The number of nitrogens with one attached hydrogen (secondary N) is 1. The predicted molar refractivity (Wildman–Crippen MR) is 115 cm³/mol. The van der Waals surface area contributed by atoms with Gasteiger partial charge in [-0.05, 0) is 55.8 Å². The van der Waals surface area contributed by atoms with Crippen LogP contribution in [0.5, 0.6) is 0 Å². The van der Waals surface area contributed by atoms with E-state index < -0.39 is 23.3 Å². The molecule has 1 amide bonds. The molecule has 0 unspecified atom stereocenters. The third-order valence-corrected chi connectivity index (χ3v) is 5.02. The van der Waals surface area contributed by atoms with Crippen LogP contribution in [-0.4, -0.2) is 35.3 Å². The fourth-order valence-electron chi connectivity index (χ4n) is 3.26. The van der Waals surface area contributed by atoms with Crippen molar-refractivity contribution in [1.82, 2.24) is 15.1 Å². The monoisotopic (exact) mass is 450 g/mol. The zero-order valence-electron chi connectivity index (χ0n) is 17.1. The topological polar surface area (TPSA) is 50.2 Å². The number of halogens is 4. The van der Waals surface area contributed by atoms with E-state index in [2.05, 4.69) is 10.4 Å². The van der Waals surface area contributed by atoms with Gasteiger partial charge < -0.3 is 10.2 Å². The number of benzene rings is 2. The second-order valence-corrected chi connectivity index (χ2v) is 7.40. The molecule has 0 aliphatic carbocycles. The number of hydrogen-bond acceptors (Lipinski definition) is 3. The van der Waals surface area contributed by atoms with Crippen LogP contribution in [0.15, 0.2) is 54.7 Å². The van der Waals surface area contributed by atoms with Gasteiger partial charge in [0.25, 0.3) is 5.91 Å². The van der Waals surface area contributed by atoms with Gasteiger partial charge in [0.05, 0.1) is 17.4 Å². The fourth-order valence-corrected chi connectivity index (χ4v) is 3.39. The van der Waals surface area contributed by atoms with Gasteiger partial charge in [0.2, 0.25) is 0 Å². The highest BCUT2D eigenvalue weighted by Gasteiger charge is 2.40. The maximum Gasteiger partial charge on any atom is 0.434 e. The molecule has 5 nitrogen and oxygen atoms in total. The second kappa shape index (κ2) is 9.43. The van der Waals surface area contributed by atoms with Crippen molar-refractivity contribution in [2.75, 3.05) is 24.5 Å². The Morgan fingerprint density at radius 1 is 1.19 bits per heavy atom. The maximum atomic E-state index is 13.8. The molecule has 0 aliphatic rings. The molecule has 0 bridgehead atoms. The number of rotatable bonds is 7. The molecule has 3 rings (SSSR count). The Morgan fingerprint density at radius 2 is 1.90 bits per heavy atom. The van der Waals surface area contributed by atoms with Crippen molar-refractivity contribution in [2.45, 2.75) is 20.0 Å². The van der Waals surface area contributed by atoms with Crippen LogP contribution in [0.1, 0.15) is 28.5 Å². The van der Waals surface area contributed by atoms with Gasteiger partial charge in [-0.15, -0.1) is 0 Å². The molecule has 31 heavy (non-hydrogen) atoms. The summed E-state index contributed by atoms with van der Waals surface area (Å²) in [6, 6.07) is 13.6. The first-order chi connectivity index (χ1) is 14.7. The number of aromatic nitrogens is 2. The van der Waals surface area contributed by atoms with Crippen molar-refractivity contribution < 1.29 is 18.0 Å². The van der Waals surface area contributed by atoms with E-state index in [1.54, 1.807) is 0 Å². The molecule has 1 aromatic heterocycles. The normalized spacial score (nSPS) is 11.4. The lowest BCUT2D eigenvalue weighted by Gasteiger charge is -2.23. The molecule has 2 aromatic carbocycles. The highest BCUT2D eigenvalue weighted by molar-refractivity contribution is 6.30. The highest BCUT2D eigenvalue weighted by Crippen LogP contribution is 2.33. The summed E-state index contributed by atoms with van der Waals surface area (Å²) in [4.78, 5) is 14.6. The van der Waals surface area contributed by atoms with Gasteiger partial charge in [-0.3, -0.25) is 4.79 Å². The van der Waals surface area contributed by atoms with Crippen LogP contribution in [0.4, 0.5) is 18.9 Å². The van der Waals surface area contributed by atoms with Gasteiger partial charge in [-0.25, -0.2) is 4.68 Å². The van der Waals surface area contributed by atoms with Crippen LogP contribution in [0.25, 0.3) is 5.69 Å². The van der Waals surface area contributed by atoms with Gasteiger partial charge in [-0.1, -0.05) is 23.7 Å². The quantitative estimate of drug-likeness (QED) is 0.544. The molecule has 0 saturated heterocycles. The van der Waals surface area contributed by atoms with Crippen LogP contribution in [-0.2, 0) is 6.18 Å². The SMILES string of the molecule is CCN(CCNC(=O)c1cnn(-c2ccc(Cl)cc2)c1C(F)(F)F)c1cccc(C)c1. The lowest BCUT2D eigenvalue weighted by atomic mass is 10.2. The lowest BCUT2D eigenvalue weighted by Crippen LogP contribution is -2.35. The Kier molecular flexibility index (Phi) is 6.90. The van der Waals surface area contributed by atoms with Crippen LogP contribution in [0.3, 0.4) is 0 Å². The largest absolute Gasteiger partial charge is 0.434 e. The zero-order valence-corrected chi connectivity index (χ0v) is 17.8. The van der Waals surface area contributed by atoms with E-state index in [1.807, 2.05) is 43.0 Å². The van der Waals surface area contributed by atoms with Gasteiger partial charge in [-0.2, -0.15) is 18.3 Å². The molecule has 3 aromatic rings.